The molecular formula is C35H49NO2. The molecule has 0 N–H and O–H groups in total. The van der Waals surface area contributed by atoms with Gasteiger partial charge in [-0.3, -0.25) is 0 Å². The van der Waals surface area contributed by atoms with Crippen LogP contribution in [-0.2, 0) is 6.42 Å². The van der Waals surface area contributed by atoms with Crippen LogP contribution in [0.1, 0.15) is 150 Å². The first-order valence-corrected chi connectivity index (χ1v) is 15.5. The number of hydrogen-bond acceptors (Lipinski definition) is 3. The molecule has 1 aliphatic carbocycles. The van der Waals surface area contributed by atoms with Crippen molar-refractivity contribution in [1.82, 2.24) is 0 Å². The molecule has 3 heteroatoms. The average Bonchev–Trinajstić information content (AvgIpc) is 2.96. The third-order valence-electron chi connectivity index (χ3n) is 8.37. The zero-order chi connectivity index (χ0) is 27.0. The number of benzene rings is 2. The van der Waals surface area contributed by atoms with Gasteiger partial charge in [-0.1, -0.05) is 103 Å². The van der Waals surface area contributed by atoms with Crippen LogP contribution in [0.3, 0.4) is 0 Å². The summed E-state index contributed by atoms with van der Waals surface area (Å²) in [7, 11) is 0. The van der Waals surface area contributed by atoms with E-state index in [4.69, 9.17) is 4.74 Å². The molecule has 0 spiro atoms. The summed E-state index contributed by atoms with van der Waals surface area (Å²) >= 11 is 0. The fourth-order valence-corrected chi connectivity index (χ4v) is 5.89. The van der Waals surface area contributed by atoms with E-state index >= 15 is 0 Å². The van der Waals surface area contributed by atoms with E-state index in [0.717, 1.165) is 24.3 Å². The van der Waals surface area contributed by atoms with Crippen LogP contribution in [0.4, 0.5) is 0 Å². The fraction of sp³-hybridized carbons (Fsp3) is 0.600. The summed E-state index contributed by atoms with van der Waals surface area (Å²) in [5, 5.41) is 9.65. The summed E-state index contributed by atoms with van der Waals surface area (Å²) in [5.41, 5.74) is 3.43. The third kappa shape index (κ3) is 9.94. The minimum Gasteiger partial charge on any atom is -0.422 e. The number of ether oxygens (including phenoxy) is 1. The molecule has 38 heavy (non-hydrogen) atoms. The van der Waals surface area contributed by atoms with E-state index in [-0.39, 0.29) is 0 Å². The third-order valence-corrected chi connectivity index (χ3v) is 8.37. The second-order valence-electron chi connectivity index (χ2n) is 11.4. The van der Waals surface area contributed by atoms with E-state index in [2.05, 4.69) is 32.0 Å². The highest BCUT2D eigenvalue weighted by Gasteiger charge is 2.22. The number of aryl methyl sites for hydroxylation is 1. The Hall–Kier alpha value is -2.60. The van der Waals surface area contributed by atoms with Crippen molar-refractivity contribution in [2.75, 3.05) is 0 Å². The molecule has 0 radical (unpaired) electrons. The molecule has 0 saturated heterocycles. The Morgan fingerprint density at radius 1 is 0.816 bits per heavy atom. The summed E-state index contributed by atoms with van der Waals surface area (Å²) in [4.78, 5) is 12.8. The van der Waals surface area contributed by atoms with Crippen molar-refractivity contribution >= 4 is 5.97 Å². The zero-order valence-electron chi connectivity index (χ0n) is 24.0. The molecule has 0 amide bonds. The van der Waals surface area contributed by atoms with E-state index in [0.29, 0.717) is 22.8 Å². The second-order valence-corrected chi connectivity index (χ2v) is 11.4. The van der Waals surface area contributed by atoms with Crippen molar-refractivity contribution in [3.8, 4) is 11.8 Å². The Bertz CT molecular complexity index is 996. The van der Waals surface area contributed by atoms with Crippen molar-refractivity contribution in [3.05, 3.63) is 64.7 Å². The lowest BCUT2D eigenvalue weighted by molar-refractivity contribution is 0.0734. The Labute approximate surface area is 232 Å². The molecule has 206 valence electrons. The van der Waals surface area contributed by atoms with E-state index < -0.39 is 5.97 Å². The number of nitriles is 1. The smallest absolute Gasteiger partial charge is 0.343 e. The van der Waals surface area contributed by atoms with Gasteiger partial charge in [0.2, 0.25) is 0 Å². The molecule has 3 rings (SSSR count). The molecule has 1 saturated carbocycles. The van der Waals surface area contributed by atoms with Gasteiger partial charge in [0.1, 0.15) is 11.8 Å². The van der Waals surface area contributed by atoms with E-state index in [1.807, 2.05) is 24.3 Å². The maximum atomic E-state index is 12.8. The zero-order valence-corrected chi connectivity index (χ0v) is 24.0. The van der Waals surface area contributed by atoms with Gasteiger partial charge in [0, 0.05) is 0 Å². The standard InChI is InChI=1S/C35H49NO2/c1-3-5-7-9-10-11-13-15-29-18-25-34(33(26-29)27-36)38-35(37)32-23-21-31(22-24-32)30-19-16-28(17-20-30)14-12-8-6-4-2/h18,21-26,28,30H,3-17,19-20H2,1-2H3. The van der Waals surface area contributed by atoms with Gasteiger partial charge in [0.05, 0.1) is 11.1 Å². The maximum absolute atomic E-state index is 12.8. The Balaban J connectivity index is 1.45. The molecular weight excluding hydrogens is 466 g/mol. The molecule has 1 aliphatic rings. The van der Waals surface area contributed by atoms with Gasteiger partial charge in [0.15, 0.2) is 0 Å². The van der Waals surface area contributed by atoms with Crippen molar-refractivity contribution in [1.29, 1.82) is 5.26 Å². The van der Waals surface area contributed by atoms with Crippen molar-refractivity contribution in [3.63, 3.8) is 0 Å². The molecule has 3 nitrogen and oxygen atoms in total. The predicted molar refractivity (Wildman–Crippen MR) is 158 cm³/mol. The van der Waals surface area contributed by atoms with Crippen LogP contribution in [-0.4, -0.2) is 5.97 Å². The monoisotopic (exact) mass is 515 g/mol. The first-order chi connectivity index (χ1) is 18.6. The first-order valence-electron chi connectivity index (χ1n) is 15.5. The van der Waals surface area contributed by atoms with Gasteiger partial charge in [-0.25, -0.2) is 4.79 Å². The summed E-state index contributed by atoms with van der Waals surface area (Å²) < 4.78 is 5.65. The largest absolute Gasteiger partial charge is 0.422 e. The molecule has 0 atom stereocenters. The lowest BCUT2D eigenvalue weighted by Crippen LogP contribution is -2.14. The normalized spacial score (nSPS) is 17.2. The number of carbonyl (C=O) groups is 1. The van der Waals surface area contributed by atoms with E-state index in [1.165, 1.54) is 102 Å². The SMILES string of the molecule is CCCCCCCCCc1ccc(OC(=O)c2ccc(C3CCC(CCCCCC)CC3)cc2)c(C#N)c1. The molecule has 0 bridgehead atoms. The van der Waals surface area contributed by atoms with E-state index in [9.17, 15) is 10.1 Å². The number of unbranched alkanes of at least 4 members (excludes halogenated alkanes) is 9. The molecule has 0 aromatic heterocycles. The minimum absolute atomic E-state index is 0.349. The maximum Gasteiger partial charge on any atom is 0.343 e. The van der Waals surface area contributed by atoms with Crippen molar-refractivity contribution in [2.24, 2.45) is 5.92 Å². The number of nitrogens with zero attached hydrogens (tertiary/aromatic N) is 1. The quantitative estimate of drug-likeness (QED) is 0.127. The summed E-state index contributed by atoms with van der Waals surface area (Å²) in [6, 6.07) is 15.8. The topological polar surface area (TPSA) is 50.1 Å². The van der Waals surface area contributed by atoms with Crippen LogP contribution in [0, 0.1) is 17.2 Å². The van der Waals surface area contributed by atoms with Crippen LogP contribution >= 0.6 is 0 Å². The van der Waals surface area contributed by atoms with Crippen LogP contribution < -0.4 is 4.74 Å². The van der Waals surface area contributed by atoms with Crippen LogP contribution in [0.5, 0.6) is 5.75 Å². The lowest BCUT2D eigenvalue weighted by atomic mass is 9.77. The number of hydrogen-bond donors (Lipinski definition) is 0. The molecule has 0 heterocycles. The molecule has 0 aliphatic heterocycles. The molecule has 0 unspecified atom stereocenters. The van der Waals surface area contributed by atoms with Crippen molar-refractivity contribution < 1.29 is 9.53 Å². The highest BCUT2D eigenvalue weighted by molar-refractivity contribution is 5.91. The second kappa shape index (κ2) is 17.1. The van der Waals surface area contributed by atoms with Crippen LogP contribution in [0.25, 0.3) is 0 Å². The Kier molecular flexibility index (Phi) is 13.5. The summed E-state index contributed by atoms with van der Waals surface area (Å²) in [6.07, 6.45) is 21.8. The van der Waals surface area contributed by atoms with Crippen LogP contribution in [0.15, 0.2) is 42.5 Å². The van der Waals surface area contributed by atoms with Gasteiger partial charge in [-0.05, 0) is 85.8 Å². The fourth-order valence-electron chi connectivity index (χ4n) is 5.89. The van der Waals surface area contributed by atoms with Gasteiger partial charge >= 0.3 is 5.97 Å². The van der Waals surface area contributed by atoms with Crippen molar-refractivity contribution in [2.45, 2.75) is 129 Å². The highest BCUT2D eigenvalue weighted by atomic mass is 16.5. The van der Waals surface area contributed by atoms with Gasteiger partial charge in [0.25, 0.3) is 0 Å². The van der Waals surface area contributed by atoms with Gasteiger partial charge in [-0.15, -0.1) is 0 Å². The lowest BCUT2D eigenvalue weighted by Gasteiger charge is -2.29. The summed E-state index contributed by atoms with van der Waals surface area (Å²) in [5.74, 6) is 1.44. The molecule has 2 aromatic carbocycles. The number of carbonyl (C=O) groups excluding carboxylic acids is 1. The Morgan fingerprint density at radius 2 is 1.45 bits per heavy atom. The number of esters is 1. The Morgan fingerprint density at radius 3 is 2.11 bits per heavy atom. The molecule has 2 aromatic rings. The van der Waals surface area contributed by atoms with Crippen LogP contribution in [0.2, 0.25) is 0 Å². The van der Waals surface area contributed by atoms with E-state index in [1.54, 1.807) is 6.07 Å². The van der Waals surface area contributed by atoms with Gasteiger partial charge < -0.3 is 4.74 Å². The van der Waals surface area contributed by atoms with Gasteiger partial charge in [-0.2, -0.15) is 5.26 Å². The highest BCUT2D eigenvalue weighted by Crippen LogP contribution is 2.38. The predicted octanol–water partition coefficient (Wildman–Crippen LogP) is 10.3. The number of rotatable bonds is 16. The molecule has 1 fully saturated rings. The first kappa shape index (κ1) is 29.9. The average molecular weight is 516 g/mol. The minimum atomic E-state index is -0.399. The summed E-state index contributed by atoms with van der Waals surface area (Å²) in [6.45, 7) is 4.51.